The lowest BCUT2D eigenvalue weighted by molar-refractivity contribution is -0.122. The van der Waals surface area contributed by atoms with Crippen LogP contribution in [0.5, 0.6) is 11.5 Å². The largest absolute Gasteiger partial charge is 0.494 e. The molecule has 1 heterocycles. The molecular weight excluding hydrogens is 407 g/mol. The number of methoxy groups -OCH3 is 1. The molecule has 7 heteroatoms. The molecule has 1 N–H and O–H groups in total. The standard InChI is InChI=1S/C23H26ClFN2O3/c1-15(2)26-23(28)14-27-20-8-6-18(30-10-4-9-24)11-17(20)12-21(27)16-5-7-19(25)22(13-16)29-3/h5-8,11-13,15H,4,9-10,14H2,1-3H3,(H,26,28). The molecule has 0 saturated heterocycles. The summed E-state index contributed by atoms with van der Waals surface area (Å²) in [5.41, 5.74) is 2.43. The molecule has 0 unspecified atom stereocenters. The third kappa shape index (κ3) is 5.05. The van der Waals surface area contributed by atoms with Crippen LogP contribution >= 0.6 is 11.6 Å². The first-order valence-electron chi connectivity index (χ1n) is 9.88. The molecular formula is C23H26ClFN2O3. The Morgan fingerprint density at radius 2 is 2.00 bits per heavy atom. The number of amides is 1. The minimum atomic E-state index is -0.434. The zero-order valence-electron chi connectivity index (χ0n) is 17.4. The van der Waals surface area contributed by atoms with Gasteiger partial charge < -0.3 is 19.4 Å². The summed E-state index contributed by atoms with van der Waals surface area (Å²) in [4.78, 5) is 12.5. The molecule has 0 radical (unpaired) electrons. The first kappa shape index (κ1) is 22.0. The number of carbonyl (C=O) groups is 1. The maximum atomic E-state index is 13.9. The van der Waals surface area contributed by atoms with Crippen molar-refractivity contribution in [3.05, 3.63) is 48.3 Å². The number of nitrogens with one attached hydrogen (secondary N) is 1. The van der Waals surface area contributed by atoms with Crippen LogP contribution in [0.1, 0.15) is 20.3 Å². The van der Waals surface area contributed by atoms with E-state index in [0.717, 1.165) is 34.3 Å². The molecule has 5 nitrogen and oxygen atoms in total. The number of ether oxygens (including phenoxy) is 2. The molecule has 0 bridgehead atoms. The number of carbonyl (C=O) groups excluding carboxylic acids is 1. The number of fused-ring (bicyclic) bond motifs is 1. The van der Waals surface area contributed by atoms with Crippen molar-refractivity contribution in [2.45, 2.75) is 32.9 Å². The van der Waals surface area contributed by atoms with E-state index in [2.05, 4.69) is 5.32 Å². The topological polar surface area (TPSA) is 52.5 Å². The van der Waals surface area contributed by atoms with Gasteiger partial charge in [0.2, 0.25) is 5.91 Å². The number of halogens is 2. The Kier molecular flexibility index (Phi) is 7.21. The fourth-order valence-electron chi connectivity index (χ4n) is 3.32. The number of hydrogen-bond acceptors (Lipinski definition) is 3. The number of benzene rings is 2. The van der Waals surface area contributed by atoms with E-state index < -0.39 is 5.82 Å². The van der Waals surface area contributed by atoms with Crippen LogP contribution in [-0.4, -0.2) is 36.1 Å². The van der Waals surface area contributed by atoms with Crippen LogP contribution in [0.2, 0.25) is 0 Å². The number of nitrogens with zero attached hydrogens (tertiary/aromatic N) is 1. The quantitative estimate of drug-likeness (QED) is 0.383. The van der Waals surface area contributed by atoms with Gasteiger partial charge in [0.25, 0.3) is 0 Å². The molecule has 3 aromatic rings. The van der Waals surface area contributed by atoms with Crippen molar-refractivity contribution >= 4 is 28.4 Å². The highest BCUT2D eigenvalue weighted by Crippen LogP contribution is 2.33. The molecule has 2 aromatic carbocycles. The maximum absolute atomic E-state index is 13.9. The molecule has 160 valence electrons. The summed E-state index contributed by atoms with van der Waals surface area (Å²) in [6.07, 6.45) is 0.761. The van der Waals surface area contributed by atoms with Crippen LogP contribution in [0.25, 0.3) is 22.2 Å². The van der Waals surface area contributed by atoms with Crippen LogP contribution in [0, 0.1) is 5.82 Å². The van der Waals surface area contributed by atoms with Crippen molar-refractivity contribution in [1.82, 2.24) is 9.88 Å². The fourth-order valence-corrected chi connectivity index (χ4v) is 3.43. The summed E-state index contributed by atoms with van der Waals surface area (Å²) in [5.74, 6) is 0.900. The van der Waals surface area contributed by atoms with Gasteiger partial charge in [-0.05, 0) is 62.7 Å². The van der Waals surface area contributed by atoms with E-state index in [1.807, 2.05) is 42.7 Å². The van der Waals surface area contributed by atoms with Gasteiger partial charge in [0, 0.05) is 34.1 Å². The Bertz CT molecular complexity index is 1030. The molecule has 1 amide bonds. The van der Waals surface area contributed by atoms with Crippen LogP contribution in [-0.2, 0) is 11.3 Å². The number of alkyl halides is 1. The third-order valence-corrected chi connectivity index (χ3v) is 4.89. The van der Waals surface area contributed by atoms with E-state index in [9.17, 15) is 9.18 Å². The van der Waals surface area contributed by atoms with E-state index in [4.69, 9.17) is 21.1 Å². The second-order valence-electron chi connectivity index (χ2n) is 7.30. The molecule has 30 heavy (non-hydrogen) atoms. The molecule has 0 saturated carbocycles. The van der Waals surface area contributed by atoms with E-state index in [1.54, 1.807) is 12.1 Å². The molecule has 0 aliphatic rings. The molecule has 0 atom stereocenters. The lowest BCUT2D eigenvalue weighted by Gasteiger charge is -2.14. The Labute approximate surface area is 180 Å². The third-order valence-electron chi connectivity index (χ3n) is 4.62. The summed E-state index contributed by atoms with van der Waals surface area (Å²) < 4.78 is 26.7. The highest BCUT2D eigenvalue weighted by Gasteiger charge is 2.16. The molecule has 0 aliphatic heterocycles. The summed E-state index contributed by atoms with van der Waals surface area (Å²) in [7, 11) is 1.43. The van der Waals surface area contributed by atoms with Gasteiger partial charge in [-0.25, -0.2) is 4.39 Å². The normalized spacial score (nSPS) is 11.1. The van der Waals surface area contributed by atoms with Crippen LogP contribution in [0.15, 0.2) is 42.5 Å². The minimum absolute atomic E-state index is 0.0376. The number of aromatic nitrogens is 1. The lowest BCUT2D eigenvalue weighted by Crippen LogP contribution is -2.33. The highest BCUT2D eigenvalue weighted by molar-refractivity contribution is 6.17. The summed E-state index contributed by atoms with van der Waals surface area (Å²) in [5, 5.41) is 3.85. The molecule has 0 spiro atoms. The van der Waals surface area contributed by atoms with Crippen LogP contribution in [0.3, 0.4) is 0 Å². The van der Waals surface area contributed by atoms with Crippen LogP contribution in [0.4, 0.5) is 4.39 Å². The monoisotopic (exact) mass is 432 g/mol. The van der Waals surface area contributed by atoms with Gasteiger partial charge in [0.05, 0.1) is 13.7 Å². The average molecular weight is 433 g/mol. The molecule has 0 fully saturated rings. The van der Waals surface area contributed by atoms with Gasteiger partial charge in [-0.15, -0.1) is 11.6 Å². The van der Waals surface area contributed by atoms with Gasteiger partial charge in [0.15, 0.2) is 11.6 Å². The Balaban J connectivity index is 2.06. The molecule has 0 aliphatic carbocycles. The van der Waals surface area contributed by atoms with Gasteiger partial charge in [0.1, 0.15) is 12.3 Å². The Morgan fingerprint density at radius 1 is 1.20 bits per heavy atom. The van der Waals surface area contributed by atoms with Gasteiger partial charge in [-0.3, -0.25) is 4.79 Å². The lowest BCUT2D eigenvalue weighted by atomic mass is 10.1. The van der Waals surface area contributed by atoms with Crippen molar-refractivity contribution in [2.24, 2.45) is 0 Å². The van der Waals surface area contributed by atoms with Crippen molar-refractivity contribution < 1.29 is 18.7 Å². The second-order valence-corrected chi connectivity index (χ2v) is 7.68. The number of hydrogen-bond donors (Lipinski definition) is 1. The van der Waals surface area contributed by atoms with Gasteiger partial charge in [-0.2, -0.15) is 0 Å². The maximum Gasteiger partial charge on any atom is 0.240 e. The van der Waals surface area contributed by atoms with Crippen molar-refractivity contribution in [3.63, 3.8) is 0 Å². The van der Waals surface area contributed by atoms with E-state index in [1.165, 1.54) is 13.2 Å². The van der Waals surface area contributed by atoms with Crippen LogP contribution < -0.4 is 14.8 Å². The predicted octanol–water partition coefficient (Wildman–Crippen LogP) is 4.99. The zero-order valence-corrected chi connectivity index (χ0v) is 18.1. The summed E-state index contributed by atoms with van der Waals surface area (Å²) >= 11 is 5.72. The smallest absolute Gasteiger partial charge is 0.240 e. The minimum Gasteiger partial charge on any atom is -0.494 e. The summed E-state index contributed by atoms with van der Waals surface area (Å²) in [6.45, 7) is 4.52. The van der Waals surface area contributed by atoms with E-state index >= 15 is 0 Å². The van der Waals surface area contributed by atoms with Crippen molar-refractivity contribution in [2.75, 3.05) is 19.6 Å². The van der Waals surface area contributed by atoms with E-state index in [-0.39, 0.29) is 24.2 Å². The SMILES string of the molecule is COc1cc(-c2cc3cc(OCCCCl)ccc3n2CC(=O)NC(C)C)ccc1F. The van der Waals surface area contributed by atoms with E-state index in [0.29, 0.717) is 12.5 Å². The first-order chi connectivity index (χ1) is 14.4. The van der Waals surface area contributed by atoms with Crippen molar-refractivity contribution in [3.8, 4) is 22.8 Å². The predicted molar refractivity (Wildman–Crippen MR) is 118 cm³/mol. The second kappa shape index (κ2) is 9.85. The van der Waals surface area contributed by atoms with Crippen molar-refractivity contribution in [1.29, 1.82) is 0 Å². The van der Waals surface area contributed by atoms with Gasteiger partial charge >= 0.3 is 0 Å². The molecule has 3 rings (SSSR count). The fraction of sp³-hybridized carbons (Fsp3) is 0.348. The zero-order chi connectivity index (χ0) is 21.7. The Hall–Kier alpha value is -2.73. The van der Waals surface area contributed by atoms with Gasteiger partial charge in [-0.1, -0.05) is 0 Å². The number of rotatable bonds is 9. The highest BCUT2D eigenvalue weighted by atomic mass is 35.5. The Morgan fingerprint density at radius 3 is 2.70 bits per heavy atom. The first-order valence-corrected chi connectivity index (χ1v) is 10.4. The summed E-state index contributed by atoms with van der Waals surface area (Å²) in [6, 6.07) is 12.4. The molecule has 1 aromatic heterocycles. The average Bonchev–Trinajstić information content (AvgIpc) is 3.05.